The van der Waals surface area contributed by atoms with E-state index in [0.29, 0.717) is 36.0 Å². The predicted octanol–water partition coefficient (Wildman–Crippen LogP) is 5.13. The van der Waals surface area contributed by atoms with Gasteiger partial charge < -0.3 is 15.0 Å². The highest BCUT2D eigenvalue weighted by atomic mass is 35.5. The maximum Gasteiger partial charge on any atom is 0.309 e. The Hall–Kier alpha value is -3.43. The van der Waals surface area contributed by atoms with Crippen LogP contribution >= 0.6 is 11.6 Å². The van der Waals surface area contributed by atoms with Gasteiger partial charge in [-0.3, -0.25) is 4.79 Å². The number of nitrogens with zero attached hydrogens (tertiary/aromatic N) is 3. The maximum absolute atomic E-state index is 13.1. The smallest absolute Gasteiger partial charge is 0.309 e. The lowest BCUT2D eigenvalue weighted by atomic mass is 9.95. The van der Waals surface area contributed by atoms with Gasteiger partial charge in [-0.05, 0) is 73.1 Å². The van der Waals surface area contributed by atoms with Crippen molar-refractivity contribution in [3.8, 4) is 0 Å². The number of aryl methyl sites for hydroxylation is 1. The number of ether oxygens (including phenoxy) is 1. The first-order valence-electron chi connectivity index (χ1n) is 13.1. The van der Waals surface area contributed by atoms with E-state index in [2.05, 4.69) is 28.4 Å². The Morgan fingerprint density at radius 1 is 1.10 bits per heavy atom. The summed E-state index contributed by atoms with van der Waals surface area (Å²) >= 11 is 6.10. The fourth-order valence-corrected chi connectivity index (χ4v) is 7.57. The number of fused-ring (bicyclic) bond motifs is 3. The van der Waals surface area contributed by atoms with Crippen molar-refractivity contribution >= 4 is 50.4 Å². The normalized spacial score (nSPS) is 21.2. The number of rotatable bonds is 6. The summed E-state index contributed by atoms with van der Waals surface area (Å²) in [5, 5.41) is 3.97. The molecule has 39 heavy (non-hydrogen) atoms. The van der Waals surface area contributed by atoms with Crippen LogP contribution in [-0.4, -0.2) is 49.3 Å². The van der Waals surface area contributed by atoms with Gasteiger partial charge in [0.15, 0.2) is 15.7 Å². The van der Waals surface area contributed by atoms with Gasteiger partial charge in [-0.2, -0.15) is 4.98 Å². The van der Waals surface area contributed by atoms with E-state index in [4.69, 9.17) is 26.3 Å². The topological polar surface area (TPSA) is 101 Å². The van der Waals surface area contributed by atoms with Gasteiger partial charge in [0.05, 0.1) is 31.0 Å². The predicted molar refractivity (Wildman–Crippen MR) is 151 cm³/mol. The molecule has 3 aliphatic rings. The molecule has 3 aliphatic heterocycles. The minimum absolute atomic E-state index is 0.0810. The van der Waals surface area contributed by atoms with Crippen LogP contribution in [0.3, 0.4) is 0 Å². The minimum Gasteiger partial charge on any atom is -0.469 e. The molecule has 0 radical (unpaired) electrons. The summed E-state index contributed by atoms with van der Waals surface area (Å²) < 4.78 is 31.0. The van der Waals surface area contributed by atoms with E-state index in [9.17, 15) is 13.2 Å². The van der Waals surface area contributed by atoms with Gasteiger partial charge in [-0.1, -0.05) is 41.9 Å². The van der Waals surface area contributed by atoms with Crippen molar-refractivity contribution in [3.63, 3.8) is 0 Å². The van der Waals surface area contributed by atoms with E-state index in [-0.39, 0.29) is 35.1 Å². The number of carbonyl (C=O) groups is 1. The van der Waals surface area contributed by atoms with Crippen LogP contribution in [0.15, 0.2) is 59.5 Å². The van der Waals surface area contributed by atoms with Gasteiger partial charge in [0.25, 0.3) is 0 Å². The van der Waals surface area contributed by atoms with Gasteiger partial charge in [-0.25, -0.2) is 13.4 Å². The van der Waals surface area contributed by atoms with E-state index in [1.165, 1.54) is 18.2 Å². The Morgan fingerprint density at radius 3 is 2.59 bits per heavy atom. The lowest BCUT2D eigenvalue weighted by Gasteiger charge is -2.35. The van der Waals surface area contributed by atoms with Crippen molar-refractivity contribution in [1.82, 2.24) is 9.97 Å². The zero-order chi connectivity index (χ0) is 27.1. The van der Waals surface area contributed by atoms with Crippen LogP contribution in [0.2, 0.25) is 5.02 Å². The first-order valence-corrected chi connectivity index (χ1v) is 15.1. The zero-order valence-electron chi connectivity index (χ0n) is 21.6. The SMILES string of the molecule is COC(=O)Cc1ccc(Nc2nc(N3C4C=C(c5ccc(Cl)cc5)CC3CC4)nc3c2S(=O)(=O)CCC3)cc1. The van der Waals surface area contributed by atoms with Crippen molar-refractivity contribution in [1.29, 1.82) is 0 Å². The largest absolute Gasteiger partial charge is 0.469 e. The molecule has 2 bridgehead atoms. The van der Waals surface area contributed by atoms with Crippen LogP contribution in [0.25, 0.3) is 5.57 Å². The van der Waals surface area contributed by atoms with Gasteiger partial charge in [0.1, 0.15) is 4.90 Å². The Balaban J connectivity index is 1.35. The monoisotopic (exact) mass is 564 g/mol. The Kier molecular flexibility index (Phi) is 6.81. The number of aromatic nitrogens is 2. The standard InChI is InChI=1S/C29H29ClN4O4S/c1-38-26(35)15-18-4-10-22(11-5-18)31-28-27-25(3-2-14-39(27,36)37)32-29(33-28)34-23-12-13-24(34)17-20(16-23)19-6-8-21(30)9-7-19/h4-11,16,23-24H,2-3,12-15,17H2,1H3,(H,31,32,33). The number of hydrogen-bond acceptors (Lipinski definition) is 8. The first kappa shape index (κ1) is 25.8. The average molecular weight is 565 g/mol. The molecular weight excluding hydrogens is 536 g/mol. The molecule has 0 aliphatic carbocycles. The van der Waals surface area contributed by atoms with Crippen LogP contribution in [-0.2, 0) is 32.2 Å². The summed E-state index contributed by atoms with van der Waals surface area (Å²) in [7, 11) is -2.16. The summed E-state index contributed by atoms with van der Waals surface area (Å²) in [5.41, 5.74) is 4.53. The molecule has 202 valence electrons. The molecule has 1 fully saturated rings. The second-order valence-corrected chi connectivity index (χ2v) is 12.7. The maximum atomic E-state index is 13.1. The van der Waals surface area contributed by atoms with E-state index < -0.39 is 9.84 Å². The third-order valence-electron chi connectivity index (χ3n) is 7.70. The molecule has 10 heteroatoms. The fourth-order valence-electron chi connectivity index (χ4n) is 5.81. The molecule has 1 N–H and O–H groups in total. The molecule has 4 heterocycles. The molecule has 1 saturated heterocycles. The number of anilines is 3. The lowest BCUT2D eigenvalue weighted by Crippen LogP contribution is -2.40. The van der Waals surface area contributed by atoms with Crippen LogP contribution < -0.4 is 10.2 Å². The molecule has 2 aromatic carbocycles. The number of esters is 1. The van der Waals surface area contributed by atoms with E-state index >= 15 is 0 Å². The van der Waals surface area contributed by atoms with Crippen molar-refractivity contribution in [2.75, 3.05) is 23.1 Å². The van der Waals surface area contributed by atoms with Crippen LogP contribution in [0.5, 0.6) is 0 Å². The quantitative estimate of drug-likeness (QED) is 0.411. The van der Waals surface area contributed by atoms with Crippen LogP contribution in [0.1, 0.15) is 42.5 Å². The second-order valence-electron chi connectivity index (χ2n) is 10.3. The molecule has 2 unspecified atom stereocenters. The Labute approximate surface area is 233 Å². The second kappa shape index (κ2) is 10.3. The van der Waals surface area contributed by atoms with Crippen molar-refractivity contribution < 1.29 is 17.9 Å². The lowest BCUT2D eigenvalue weighted by molar-refractivity contribution is -0.139. The molecule has 0 spiro atoms. The molecule has 2 atom stereocenters. The van der Waals surface area contributed by atoms with Crippen LogP contribution in [0.4, 0.5) is 17.5 Å². The van der Waals surface area contributed by atoms with E-state index in [1.54, 1.807) is 0 Å². The highest BCUT2D eigenvalue weighted by molar-refractivity contribution is 7.91. The summed E-state index contributed by atoms with van der Waals surface area (Å²) in [6.45, 7) is 0. The fraction of sp³-hybridized carbons (Fsp3) is 0.345. The average Bonchev–Trinajstić information content (AvgIpc) is 3.18. The van der Waals surface area contributed by atoms with Crippen molar-refractivity contribution in [2.24, 2.45) is 0 Å². The Bertz CT molecular complexity index is 1560. The third kappa shape index (κ3) is 5.13. The molecule has 3 aromatic rings. The van der Waals surface area contributed by atoms with Crippen LogP contribution in [0, 0.1) is 0 Å². The number of sulfone groups is 1. The molecule has 1 aromatic heterocycles. The number of methoxy groups -OCH3 is 1. The molecule has 0 saturated carbocycles. The number of benzene rings is 2. The number of nitrogens with one attached hydrogen (secondary N) is 1. The summed E-state index contributed by atoms with van der Waals surface area (Å²) in [5.74, 6) is 0.634. The van der Waals surface area contributed by atoms with E-state index in [0.717, 1.165) is 29.8 Å². The van der Waals surface area contributed by atoms with Crippen molar-refractivity contribution in [2.45, 2.75) is 55.5 Å². The van der Waals surface area contributed by atoms with E-state index in [1.807, 2.05) is 36.4 Å². The summed E-state index contributed by atoms with van der Waals surface area (Å²) in [4.78, 5) is 23.7. The van der Waals surface area contributed by atoms with Gasteiger partial charge in [0.2, 0.25) is 5.95 Å². The van der Waals surface area contributed by atoms with Gasteiger partial charge >= 0.3 is 5.97 Å². The number of halogens is 1. The minimum atomic E-state index is -3.52. The van der Waals surface area contributed by atoms with Gasteiger partial charge in [-0.15, -0.1) is 0 Å². The third-order valence-corrected chi connectivity index (χ3v) is 9.82. The first-order chi connectivity index (χ1) is 18.8. The molecular formula is C29H29ClN4O4S. The highest BCUT2D eigenvalue weighted by Crippen LogP contribution is 2.42. The Morgan fingerprint density at radius 2 is 1.87 bits per heavy atom. The number of hydrogen-bond donors (Lipinski definition) is 1. The molecule has 0 amide bonds. The number of carbonyl (C=O) groups excluding carboxylic acids is 1. The molecule has 8 nitrogen and oxygen atoms in total. The summed E-state index contributed by atoms with van der Waals surface area (Å²) in [6, 6.07) is 15.6. The molecule has 6 rings (SSSR count). The highest BCUT2D eigenvalue weighted by Gasteiger charge is 2.40. The zero-order valence-corrected chi connectivity index (χ0v) is 23.1. The summed E-state index contributed by atoms with van der Waals surface area (Å²) in [6.07, 6.45) is 6.46. The van der Waals surface area contributed by atoms with Gasteiger partial charge in [0, 0.05) is 16.8 Å². The van der Waals surface area contributed by atoms with Crippen molar-refractivity contribution in [3.05, 3.63) is 76.5 Å².